The van der Waals surface area contributed by atoms with Crippen molar-refractivity contribution in [3.05, 3.63) is 36.4 Å². The summed E-state index contributed by atoms with van der Waals surface area (Å²) in [5, 5.41) is 23.5. The maximum atomic E-state index is 10.7. The van der Waals surface area contributed by atoms with Crippen LogP contribution in [-0.4, -0.2) is 41.1 Å². The van der Waals surface area contributed by atoms with Crippen LogP contribution in [0, 0.1) is 0 Å². The summed E-state index contributed by atoms with van der Waals surface area (Å²) in [7, 11) is 0. The Balaban J connectivity index is 1.51. The first kappa shape index (κ1) is 16.1. The van der Waals surface area contributed by atoms with Gasteiger partial charge in [-0.05, 0) is 37.8 Å². The van der Waals surface area contributed by atoms with Crippen LogP contribution in [0.3, 0.4) is 0 Å². The van der Waals surface area contributed by atoms with E-state index in [1.807, 2.05) is 35.0 Å². The molecule has 0 spiro atoms. The predicted molar refractivity (Wildman–Crippen MR) is 100 cm³/mol. The van der Waals surface area contributed by atoms with Gasteiger partial charge >= 0.3 is 0 Å². The normalized spacial score (nSPS) is 19.4. The third kappa shape index (κ3) is 2.11. The lowest BCUT2D eigenvalue weighted by molar-refractivity contribution is 0.0112. The lowest BCUT2D eigenvalue weighted by Crippen LogP contribution is -2.28. The molecule has 1 aromatic carbocycles. The van der Waals surface area contributed by atoms with E-state index in [1.165, 1.54) is 0 Å². The molecule has 2 aliphatic heterocycles. The van der Waals surface area contributed by atoms with E-state index in [9.17, 15) is 5.11 Å². The van der Waals surface area contributed by atoms with Crippen LogP contribution in [0.4, 0.5) is 5.69 Å². The summed E-state index contributed by atoms with van der Waals surface area (Å²) in [6.07, 6.45) is 4.96. The predicted octanol–water partition coefficient (Wildman–Crippen LogP) is 2.76. The molecule has 0 atom stereocenters. The number of rotatable bonds is 2. The van der Waals surface area contributed by atoms with Crippen LogP contribution in [-0.2, 0) is 5.60 Å². The van der Waals surface area contributed by atoms with Gasteiger partial charge < -0.3 is 14.5 Å². The summed E-state index contributed by atoms with van der Waals surface area (Å²) in [4.78, 5) is 6.54. The fourth-order valence-corrected chi connectivity index (χ4v) is 4.41. The third-order valence-electron chi connectivity index (χ3n) is 5.59. The molecule has 142 valence electrons. The Labute approximate surface area is 164 Å². The molecule has 0 unspecified atom stereocenters. The molecule has 6 rings (SSSR count). The highest BCUT2D eigenvalue weighted by Gasteiger charge is 2.40. The van der Waals surface area contributed by atoms with Crippen molar-refractivity contribution in [2.75, 3.05) is 11.6 Å². The summed E-state index contributed by atoms with van der Waals surface area (Å²) in [5.41, 5.74) is 0.912. The average molecular weight is 398 g/mol. The SMILES string of the molecule is OC1(c2nc(-c3nnc4n3C3=CN(Cl)CN3c3ccccc3-4)no2)CCCC1. The molecule has 1 aliphatic carbocycles. The molecule has 0 saturated heterocycles. The smallest absolute Gasteiger partial charge is 0.259 e. The van der Waals surface area contributed by atoms with Crippen LogP contribution in [0.5, 0.6) is 0 Å². The molecule has 1 fully saturated rings. The zero-order chi connectivity index (χ0) is 18.9. The molecule has 3 aromatic rings. The highest BCUT2D eigenvalue weighted by molar-refractivity contribution is 6.15. The highest BCUT2D eigenvalue weighted by atomic mass is 35.5. The largest absolute Gasteiger partial charge is 0.380 e. The van der Waals surface area contributed by atoms with E-state index < -0.39 is 5.60 Å². The zero-order valence-corrected chi connectivity index (χ0v) is 15.5. The lowest BCUT2D eigenvalue weighted by atomic mass is 10.0. The van der Waals surface area contributed by atoms with Crippen LogP contribution in [0.1, 0.15) is 31.6 Å². The van der Waals surface area contributed by atoms with E-state index >= 15 is 0 Å². The molecule has 28 heavy (non-hydrogen) atoms. The Hall–Kier alpha value is -2.91. The molecule has 1 N–H and O–H groups in total. The molecule has 4 heterocycles. The van der Waals surface area contributed by atoms with Crippen LogP contribution in [0.15, 0.2) is 35.0 Å². The van der Waals surface area contributed by atoms with Gasteiger partial charge in [0.1, 0.15) is 18.1 Å². The minimum absolute atomic E-state index is 0.241. The van der Waals surface area contributed by atoms with Gasteiger partial charge in [-0.1, -0.05) is 17.3 Å². The van der Waals surface area contributed by atoms with Crippen LogP contribution in [0.25, 0.3) is 28.9 Å². The summed E-state index contributed by atoms with van der Waals surface area (Å²) < 4.78 is 8.86. The van der Waals surface area contributed by atoms with Gasteiger partial charge in [-0.15, -0.1) is 10.2 Å². The van der Waals surface area contributed by atoms with Crippen LogP contribution >= 0.6 is 11.8 Å². The number of benzene rings is 1. The second kappa shape index (κ2) is 5.55. The van der Waals surface area contributed by atoms with E-state index in [4.69, 9.17) is 16.3 Å². The minimum Gasteiger partial charge on any atom is -0.380 e. The molecule has 2 aromatic heterocycles. The zero-order valence-electron chi connectivity index (χ0n) is 14.8. The number of nitrogens with zero attached hydrogens (tertiary/aromatic N) is 7. The second-order valence-corrected chi connectivity index (χ2v) is 7.75. The van der Waals surface area contributed by atoms with Crippen molar-refractivity contribution in [1.29, 1.82) is 0 Å². The van der Waals surface area contributed by atoms with Gasteiger partial charge in [-0.2, -0.15) is 4.98 Å². The number of hydrogen-bond donors (Lipinski definition) is 1. The minimum atomic E-state index is -1.05. The van der Waals surface area contributed by atoms with Crippen molar-refractivity contribution in [3.8, 4) is 23.0 Å². The number of aliphatic hydroxyl groups is 1. The van der Waals surface area contributed by atoms with E-state index in [0.29, 0.717) is 37.0 Å². The van der Waals surface area contributed by atoms with E-state index in [1.54, 1.807) is 4.42 Å². The van der Waals surface area contributed by atoms with Crippen molar-refractivity contribution < 1.29 is 9.63 Å². The van der Waals surface area contributed by atoms with Crippen molar-refractivity contribution >= 4 is 23.3 Å². The number of halogens is 1. The van der Waals surface area contributed by atoms with Crippen molar-refractivity contribution in [2.24, 2.45) is 0 Å². The Kier molecular flexibility index (Phi) is 3.19. The second-order valence-electron chi connectivity index (χ2n) is 7.32. The fraction of sp³-hybridized carbons (Fsp3) is 0.333. The first-order valence-corrected chi connectivity index (χ1v) is 9.52. The van der Waals surface area contributed by atoms with E-state index in [2.05, 4.69) is 25.2 Å². The summed E-state index contributed by atoms with van der Waals surface area (Å²) >= 11 is 6.27. The summed E-state index contributed by atoms with van der Waals surface area (Å²) in [5.74, 6) is 2.48. The van der Waals surface area contributed by atoms with Gasteiger partial charge in [0.25, 0.3) is 5.89 Å². The van der Waals surface area contributed by atoms with Crippen molar-refractivity contribution in [1.82, 2.24) is 29.3 Å². The molecule has 0 bridgehead atoms. The topological polar surface area (TPSA) is 96.3 Å². The standard InChI is InChI=1S/C18H16ClN7O2/c19-24-9-13-25(10-24)12-6-2-1-5-11(12)15-21-22-16(26(13)15)14-20-17(28-23-14)18(27)7-3-4-8-18/h1-2,5-6,9,27H,3-4,7-8,10H2. The van der Waals surface area contributed by atoms with Crippen LogP contribution < -0.4 is 4.90 Å². The van der Waals surface area contributed by atoms with E-state index in [-0.39, 0.29) is 5.89 Å². The molecule has 9 nitrogen and oxygen atoms in total. The molecular weight excluding hydrogens is 382 g/mol. The van der Waals surface area contributed by atoms with E-state index in [0.717, 1.165) is 29.9 Å². The van der Waals surface area contributed by atoms with Gasteiger partial charge in [0.2, 0.25) is 11.6 Å². The molecular formula is C18H16ClN7O2. The lowest BCUT2D eigenvalue weighted by Gasteiger charge is -2.29. The Morgan fingerprint density at radius 2 is 1.89 bits per heavy atom. The first-order valence-electron chi connectivity index (χ1n) is 9.18. The van der Waals surface area contributed by atoms with Gasteiger partial charge in [-0.25, -0.2) is 0 Å². The summed E-state index contributed by atoms with van der Waals surface area (Å²) in [6.45, 7) is 0.502. The molecule has 3 aliphatic rings. The average Bonchev–Trinajstić information content (AvgIpc) is 3.46. The number of para-hydroxylation sites is 1. The third-order valence-corrected chi connectivity index (χ3v) is 5.80. The first-order chi connectivity index (χ1) is 13.6. The monoisotopic (exact) mass is 397 g/mol. The van der Waals surface area contributed by atoms with Crippen LogP contribution in [0.2, 0.25) is 0 Å². The van der Waals surface area contributed by atoms with Gasteiger partial charge in [-0.3, -0.25) is 8.99 Å². The maximum absolute atomic E-state index is 10.7. The van der Waals surface area contributed by atoms with Crippen molar-refractivity contribution in [2.45, 2.75) is 31.3 Å². The maximum Gasteiger partial charge on any atom is 0.259 e. The Morgan fingerprint density at radius 3 is 2.75 bits per heavy atom. The van der Waals surface area contributed by atoms with Gasteiger partial charge in [0.15, 0.2) is 5.82 Å². The Morgan fingerprint density at radius 1 is 1.11 bits per heavy atom. The molecule has 10 heteroatoms. The fourth-order valence-electron chi connectivity index (χ4n) is 4.22. The Bertz CT molecular complexity index is 1110. The summed E-state index contributed by atoms with van der Waals surface area (Å²) in [6, 6.07) is 7.96. The van der Waals surface area contributed by atoms with Gasteiger partial charge in [0.05, 0.1) is 11.9 Å². The molecule has 1 saturated carbocycles. The number of hydrogen-bond acceptors (Lipinski definition) is 8. The number of fused-ring (bicyclic) bond motifs is 6. The highest BCUT2D eigenvalue weighted by Crippen LogP contribution is 2.44. The molecule has 0 amide bonds. The quantitative estimate of drug-likeness (QED) is 0.659. The number of aromatic nitrogens is 5. The van der Waals surface area contributed by atoms with Gasteiger partial charge in [0, 0.05) is 17.3 Å². The number of anilines is 1. The van der Waals surface area contributed by atoms with Crippen molar-refractivity contribution in [3.63, 3.8) is 0 Å². The molecule has 0 radical (unpaired) electrons.